The third kappa shape index (κ3) is 6.02. The number of halogens is 3. The van der Waals surface area contributed by atoms with Crippen LogP contribution in [0.2, 0.25) is 5.02 Å². The number of nitrogens with one attached hydrogen (secondary N) is 1. The fourth-order valence-electron chi connectivity index (χ4n) is 4.27. The number of phosphoric acid groups is 1. The van der Waals surface area contributed by atoms with Crippen LogP contribution in [-0.4, -0.2) is 58.2 Å². The molecule has 0 aliphatic carbocycles. The SMILES string of the molecule is COP(=O)(O)OCN1C(=O)CCC(N2Cc3cc(CNC(=O)C(F)(F)c4ccc(Cl)cc4)ccc3C2=O)C1=O. The first-order valence-electron chi connectivity index (χ1n) is 11.6. The summed E-state index contributed by atoms with van der Waals surface area (Å²) >= 11 is 5.72. The van der Waals surface area contributed by atoms with E-state index in [4.69, 9.17) is 11.6 Å². The summed E-state index contributed by atoms with van der Waals surface area (Å²) in [5, 5.41) is 2.44. The highest BCUT2D eigenvalue weighted by Gasteiger charge is 2.44. The van der Waals surface area contributed by atoms with Crippen LogP contribution in [0.5, 0.6) is 0 Å². The van der Waals surface area contributed by atoms with Crippen LogP contribution in [0.3, 0.4) is 0 Å². The Bertz CT molecular complexity index is 1370. The number of hydrogen-bond acceptors (Lipinski definition) is 7. The summed E-state index contributed by atoms with van der Waals surface area (Å²) in [4.78, 5) is 61.8. The molecule has 2 aromatic carbocycles. The molecule has 2 unspecified atom stereocenters. The molecule has 2 aliphatic heterocycles. The molecule has 1 fully saturated rings. The third-order valence-electron chi connectivity index (χ3n) is 6.39. The Balaban J connectivity index is 1.42. The maximum atomic E-state index is 14.5. The van der Waals surface area contributed by atoms with Crippen LogP contribution in [0, 0.1) is 0 Å². The molecule has 0 bridgehead atoms. The molecule has 0 saturated carbocycles. The zero-order chi connectivity index (χ0) is 28.5. The lowest BCUT2D eigenvalue weighted by molar-refractivity contribution is -0.156. The van der Waals surface area contributed by atoms with Gasteiger partial charge in [0, 0.05) is 42.8 Å². The maximum Gasteiger partial charge on any atom is 0.473 e. The summed E-state index contributed by atoms with van der Waals surface area (Å²) in [6, 6.07) is 8.13. The second-order valence-corrected chi connectivity index (χ2v) is 10.8. The number of amides is 4. The van der Waals surface area contributed by atoms with Gasteiger partial charge in [-0.1, -0.05) is 35.9 Å². The molecule has 0 radical (unpaired) electrons. The minimum Gasteiger partial charge on any atom is -0.346 e. The molecule has 0 aromatic heterocycles. The zero-order valence-corrected chi connectivity index (χ0v) is 22.1. The van der Waals surface area contributed by atoms with E-state index in [1.54, 1.807) is 6.07 Å². The van der Waals surface area contributed by atoms with Crippen LogP contribution >= 0.6 is 19.4 Å². The van der Waals surface area contributed by atoms with E-state index in [0.29, 0.717) is 16.0 Å². The summed E-state index contributed by atoms with van der Waals surface area (Å²) in [6.07, 6.45) is -0.0701. The van der Waals surface area contributed by atoms with Gasteiger partial charge in [-0.25, -0.2) is 4.57 Å². The molecule has 39 heavy (non-hydrogen) atoms. The number of hydrogen-bond donors (Lipinski definition) is 2. The van der Waals surface area contributed by atoms with E-state index in [-0.39, 0.29) is 36.5 Å². The molecular weight excluding hydrogens is 563 g/mol. The largest absolute Gasteiger partial charge is 0.473 e. The van der Waals surface area contributed by atoms with Gasteiger partial charge in [-0.2, -0.15) is 8.78 Å². The van der Waals surface area contributed by atoms with Crippen LogP contribution in [-0.2, 0) is 47.0 Å². The molecule has 2 heterocycles. The van der Waals surface area contributed by atoms with Gasteiger partial charge in [0.15, 0.2) is 0 Å². The van der Waals surface area contributed by atoms with E-state index >= 15 is 0 Å². The molecule has 2 N–H and O–H groups in total. The van der Waals surface area contributed by atoms with E-state index in [0.717, 1.165) is 19.2 Å². The average Bonchev–Trinajstić information content (AvgIpc) is 3.22. The van der Waals surface area contributed by atoms with Gasteiger partial charge in [0.25, 0.3) is 17.7 Å². The molecule has 4 rings (SSSR count). The molecule has 2 atom stereocenters. The monoisotopic (exact) mass is 585 g/mol. The second kappa shape index (κ2) is 11.1. The number of carbonyl (C=O) groups excluding carboxylic acids is 4. The maximum absolute atomic E-state index is 14.5. The molecule has 208 valence electrons. The van der Waals surface area contributed by atoms with E-state index in [1.165, 1.54) is 29.2 Å². The Morgan fingerprint density at radius 3 is 2.56 bits per heavy atom. The molecule has 4 amide bonds. The number of alkyl halides is 2. The van der Waals surface area contributed by atoms with E-state index in [9.17, 15) is 37.4 Å². The number of fused-ring (bicyclic) bond motifs is 1. The summed E-state index contributed by atoms with van der Waals surface area (Å²) in [5.74, 6) is -7.20. The van der Waals surface area contributed by atoms with Gasteiger partial charge in [-0.05, 0) is 35.7 Å². The molecular formula is C24H23ClF2N3O8P. The van der Waals surface area contributed by atoms with Gasteiger partial charge >= 0.3 is 13.7 Å². The van der Waals surface area contributed by atoms with Crippen molar-refractivity contribution in [2.75, 3.05) is 13.8 Å². The number of imide groups is 1. The highest BCUT2D eigenvalue weighted by Crippen LogP contribution is 2.42. The predicted octanol–water partition coefficient (Wildman–Crippen LogP) is 2.94. The van der Waals surface area contributed by atoms with E-state index in [1.807, 2.05) is 0 Å². The lowest BCUT2D eigenvalue weighted by atomic mass is 10.0. The van der Waals surface area contributed by atoms with Crippen LogP contribution < -0.4 is 5.32 Å². The van der Waals surface area contributed by atoms with Gasteiger partial charge in [0.1, 0.15) is 12.8 Å². The van der Waals surface area contributed by atoms with Crippen molar-refractivity contribution in [3.8, 4) is 0 Å². The van der Waals surface area contributed by atoms with Crippen molar-refractivity contribution in [2.45, 2.75) is 37.9 Å². The first kappa shape index (κ1) is 28.8. The smallest absolute Gasteiger partial charge is 0.346 e. The molecule has 2 aromatic rings. The van der Waals surface area contributed by atoms with Crippen LogP contribution in [0.4, 0.5) is 8.78 Å². The van der Waals surface area contributed by atoms with Crippen molar-refractivity contribution >= 4 is 43.1 Å². The first-order chi connectivity index (χ1) is 18.3. The number of carbonyl (C=O) groups is 4. The normalized spacial score (nSPS) is 19.2. The fraction of sp³-hybridized carbons (Fsp3) is 0.333. The number of piperidine rings is 1. The zero-order valence-electron chi connectivity index (χ0n) is 20.4. The van der Waals surface area contributed by atoms with Gasteiger partial charge < -0.3 is 15.1 Å². The van der Waals surface area contributed by atoms with Gasteiger partial charge in [-0.3, -0.25) is 33.1 Å². The Labute approximate surface area is 226 Å². The molecule has 15 heteroatoms. The van der Waals surface area contributed by atoms with Crippen molar-refractivity contribution in [1.82, 2.24) is 15.1 Å². The molecule has 1 saturated heterocycles. The number of nitrogens with zero attached hydrogens (tertiary/aromatic N) is 2. The Morgan fingerprint density at radius 1 is 1.21 bits per heavy atom. The van der Waals surface area contributed by atoms with Gasteiger partial charge in [-0.15, -0.1) is 0 Å². The van der Waals surface area contributed by atoms with Gasteiger partial charge in [0.05, 0.1) is 0 Å². The van der Waals surface area contributed by atoms with E-state index in [2.05, 4.69) is 14.4 Å². The lowest BCUT2D eigenvalue weighted by Crippen LogP contribution is -2.55. The van der Waals surface area contributed by atoms with E-state index < -0.39 is 55.7 Å². The van der Waals surface area contributed by atoms with Crippen molar-refractivity contribution in [1.29, 1.82) is 0 Å². The number of likely N-dealkylation sites (tertiary alicyclic amines) is 1. The number of benzene rings is 2. The minimum atomic E-state index is -4.46. The Morgan fingerprint density at radius 2 is 1.90 bits per heavy atom. The highest BCUT2D eigenvalue weighted by atomic mass is 35.5. The molecule has 11 nitrogen and oxygen atoms in total. The topological polar surface area (TPSA) is 143 Å². The van der Waals surface area contributed by atoms with Crippen LogP contribution in [0.15, 0.2) is 42.5 Å². The average molecular weight is 586 g/mol. The summed E-state index contributed by atoms with van der Waals surface area (Å²) in [5.41, 5.74) is 0.715. The minimum absolute atomic E-state index is 0.00720. The molecule has 0 spiro atoms. The van der Waals surface area contributed by atoms with Crippen LogP contribution in [0.1, 0.15) is 39.9 Å². The summed E-state index contributed by atoms with van der Waals surface area (Å²) in [6.45, 7) is -1.08. The third-order valence-corrected chi connectivity index (χ3v) is 7.54. The van der Waals surface area contributed by atoms with Crippen molar-refractivity contribution in [2.24, 2.45) is 0 Å². The Kier molecular flexibility index (Phi) is 8.20. The number of phosphoric ester groups is 1. The van der Waals surface area contributed by atoms with Crippen LogP contribution in [0.25, 0.3) is 0 Å². The predicted molar refractivity (Wildman–Crippen MR) is 131 cm³/mol. The fourth-order valence-corrected chi connectivity index (χ4v) is 4.76. The summed E-state index contributed by atoms with van der Waals surface area (Å²) in [7, 11) is -3.53. The second-order valence-electron chi connectivity index (χ2n) is 8.81. The quantitative estimate of drug-likeness (QED) is 0.338. The van der Waals surface area contributed by atoms with Gasteiger partial charge in [0.2, 0.25) is 5.91 Å². The van der Waals surface area contributed by atoms with Crippen molar-refractivity contribution in [3.05, 3.63) is 69.7 Å². The first-order valence-corrected chi connectivity index (χ1v) is 13.4. The Hall–Kier alpha value is -3.22. The highest BCUT2D eigenvalue weighted by molar-refractivity contribution is 7.47. The van der Waals surface area contributed by atoms with Crippen molar-refractivity contribution in [3.63, 3.8) is 0 Å². The molecule has 2 aliphatic rings. The lowest BCUT2D eigenvalue weighted by Gasteiger charge is -2.35. The standard InChI is InChI=1S/C24H23ClF2N3O8P/c1-37-39(35,36)38-13-30-20(31)9-8-19(22(30)33)29-12-15-10-14(2-7-18(15)21(29)32)11-28-23(34)24(26,27)16-3-5-17(25)6-4-16/h2-7,10,19H,8-9,11-13H2,1H3,(H,28,34)(H,35,36). The summed E-state index contributed by atoms with van der Waals surface area (Å²) < 4.78 is 49.6. The van der Waals surface area contributed by atoms with Crippen molar-refractivity contribution < 1.29 is 46.5 Å². The number of rotatable bonds is 9.